The number of rotatable bonds is 4. The normalized spacial score (nSPS) is 22.9. The molecule has 3 nitrogen and oxygen atoms in total. The molecule has 1 aliphatic carbocycles. The quantitative estimate of drug-likeness (QED) is 0.792. The van der Waals surface area contributed by atoms with Crippen molar-refractivity contribution in [2.24, 2.45) is 0 Å². The highest BCUT2D eigenvalue weighted by atomic mass is 79.9. The van der Waals surface area contributed by atoms with Gasteiger partial charge in [0.1, 0.15) is 0 Å². The molecule has 0 amide bonds. The van der Waals surface area contributed by atoms with Crippen LogP contribution in [-0.2, 0) is 16.9 Å². The number of benzene rings is 1. The minimum absolute atomic E-state index is 0.0280. The van der Waals surface area contributed by atoms with Gasteiger partial charge in [-0.15, -0.1) is 0 Å². The van der Waals surface area contributed by atoms with Crippen molar-refractivity contribution in [2.75, 3.05) is 0 Å². The van der Waals surface area contributed by atoms with Crippen LogP contribution in [0, 0.1) is 0 Å². The summed E-state index contributed by atoms with van der Waals surface area (Å²) in [6, 6.07) is 8.54. The van der Waals surface area contributed by atoms with Gasteiger partial charge in [-0.05, 0) is 43.0 Å². The van der Waals surface area contributed by atoms with Crippen molar-refractivity contribution in [3.8, 4) is 0 Å². The molecule has 126 valence electrons. The number of pyridine rings is 1. The van der Waals surface area contributed by atoms with Crippen molar-refractivity contribution < 1.29 is 14.3 Å². The molecule has 0 saturated carbocycles. The molecule has 1 aliphatic rings. The van der Waals surface area contributed by atoms with Gasteiger partial charge in [0.15, 0.2) is 11.5 Å². The zero-order chi connectivity index (χ0) is 17.3. The third kappa shape index (κ3) is 3.25. The van der Waals surface area contributed by atoms with Gasteiger partial charge in [-0.25, -0.2) is 4.39 Å². The van der Waals surface area contributed by atoms with Gasteiger partial charge in [0, 0.05) is 27.7 Å². The van der Waals surface area contributed by atoms with Gasteiger partial charge in [0.25, 0.3) is 0 Å². The van der Waals surface area contributed by atoms with E-state index in [1.54, 1.807) is 12.1 Å². The fourth-order valence-electron chi connectivity index (χ4n) is 3.09. The van der Waals surface area contributed by atoms with Crippen LogP contribution in [0.5, 0.6) is 0 Å². The molecule has 0 saturated heterocycles. The van der Waals surface area contributed by atoms with E-state index in [0.29, 0.717) is 11.4 Å². The molecule has 2 aromatic rings. The van der Waals surface area contributed by atoms with Crippen LogP contribution in [0.2, 0.25) is 5.02 Å². The second-order valence-corrected chi connectivity index (χ2v) is 7.27. The first-order chi connectivity index (χ1) is 11.4. The molecule has 0 radical (unpaired) electrons. The summed E-state index contributed by atoms with van der Waals surface area (Å²) >= 11 is 9.48. The predicted molar refractivity (Wildman–Crippen MR) is 93.7 cm³/mol. The number of halogens is 3. The molecule has 0 spiro atoms. The van der Waals surface area contributed by atoms with E-state index in [1.807, 2.05) is 12.1 Å². The number of carbonyl (C=O) groups is 1. The molecule has 0 fully saturated rings. The Morgan fingerprint density at radius 3 is 3.00 bits per heavy atom. The van der Waals surface area contributed by atoms with E-state index >= 15 is 4.39 Å². The largest absolute Gasteiger partial charge is 0.387 e. The summed E-state index contributed by atoms with van der Waals surface area (Å²) in [7, 11) is 0. The molecular weight excluding hydrogens is 397 g/mol. The lowest BCUT2D eigenvalue weighted by atomic mass is 9.77. The molecule has 1 aromatic heterocycles. The van der Waals surface area contributed by atoms with Crippen LogP contribution in [-0.4, -0.2) is 15.9 Å². The van der Waals surface area contributed by atoms with Crippen molar-refractivity contribution >= 4 is 33.3 Å². The fraction of sp³-hybridized carbons (Fsp3) is 0.333. The first-order valence-electron chi connectivity index (χ1n) is 7.71. The SMILES string of the molecule is O=C(CCc1ccc(Br)cc1Cl)[C@]1(F)CC[C@@H](O)c2ncccc21. The number of nitrogens with zero attached hydrogens (tertiary/aromatic N) is 1. The summed E-state index contributed by atoms with van der Waals surface area (Å²) in [4.78, 5) is 16.7. The van der Waals surface area contributed by atoms with E-state index in [2.05, 4.69) is 20.9 Å². The Hall–Kier alpha value is -1.30. The molecule has 0 aliphatic heterocycles. The number of fused-ring (bicyclic) bond motifs is 1. The first kappa shape index (κ1) is 17.5. The zero-order valence-electron chi connectivity index (χ0n) is 12.8. The Bertz CT molecular complexity index is 785. The Morgan fingerprint density at radius 1 is 1.46 bits per heavy atom. The zero-order valence-corrected chi connectivity index (χ0v) is 15.1. The molecule has 6 heteroatoms. The maximum absolute atomic E-state index is 15.5. The number of hydrogen-bond donors (Lipinski definition) is 1. The number of hydrogen-bond acceptors (Lipinski definition) is 3. The van der Waals surface area contributed by atoms with E-state index < -0.39 is 17.6 Å². The summed E-state index contributed by atoms with van der Waals surface area (Å²) in [6.45, 7) is 0. The van der Waals surface area contributed by atoms with Gasteiger partial charge in [0.05, 0.1) is 11.8 Å². The Labute approximate surface area is 153 Å². The standard InChI is InChI=1S/C18H16BrClFNO2/c19-12-5-3-11(14(20)10-12)4-6-16(24)18(21)8-7-15(23)17-13(18)2-1-9-22-17/h1-3,5,9-10,15,23H,4,6-8H2/t15-,18+/m1/s1. The summed E-state index contributed by atoms with van der Waals surface area (Å²) < 4.78 is 16.3. The third-order valence-corrected chi connectivity index (χ3v) is 5.27. The highest BCUT2D eigenvalue weighted by Crippen LogP contribution is 2.43. The van der Waals surface area contributed by atoms with E-state index in [4.69, 9.17) is 11.6 Å². The smallest absolute Gasteiger partial charge is 0.195 e. The van der Waals surface area contributed by atoms with Crippen LogP contribution in [0.25, 0.3) is 0 Å². The fourth-order valence-corrected chi connectivity index (χ4v) is 3.85. The van der Waals surface area contributed by atoms with Gasteiger partial charge in [-0.1, -0.05) is 39.7 Å². The van der Waals surface area contributed by atoms with Gasteiger partial charge < -0.3 is 5.11 Å². The average Bonchev–Trinajstić information content (AvgIpc) is 2.57. The van der Waals surface area contributed by atoms with Crippen molar-refractivity contribution in [1.82, 2.24) is 4.98 Å². The van der Waals surface area contributed by atoms with Gasteiger partial charge in [-0.3, -0.25) is 9.78 Å². The highest BCUT2D eigenvalue weighted by molar-refractivity contribution is 9.10. The van der Waals surface area contributed by atoms with Crippen LogP contribution >= 0.6 is 27.5 Å². The van der Waals surface area contributed by atoms with Crippen LogP contribution in [0.1, 0.15) is 42.2 Å². The number of aryl methyl sites for hydroxylation is 1. The lowest BCUT2D eigenvalue weighted by Crippen LogP contribution is -2.36. The van der Waals surface area contributed by atoms with E-state index in [0.717, 1.165) is 10.0 Å². The Balaban J connectivity index is 1.81. The molecule has 0 bridgehead atoms. The van der Waals surface area contributed by atoms with Crippen molar-refractivity contribution in [3.05, 3.63) is 62.8 Å². The first-order valence-corrected chi connectivity index (χ1v) is 8.88. The van der Waals surface area contributed by atoms with E-state index in [-0.39, 0.29) is 30.5 Å². The van der Waals surface area contributed by atoms with Gasteiger partial charge >= 0.3 is 0 Å². The second-order valence-electron chi connectivity index (χ2n) is 5.95. The number of carbonyl (C=O) groups excluding carboxylic acids is 1. The molecule has 3 rings (SSSR count). The summed E-state index contributed by atoms with van der Waals surface area (Å²) in [6.07, 6.45) is 1.25. The average molecular weight is 413 g/mol. The molecule has 1 heterocycles. The minimum atomic E-state index is -2.09. The minimum Gasteiger partial charge on any atom is -0.387 e. The van der Waals surface area contributed by atoms with Gasteiger partial charge in [-0.2, -0.15) is 0 Å². The number of aliphatic hydroxyl groups excluding tert-OH is 1. The lowest BCUT2D eigenvalue weighted by molar-refractivity contribution is -0.133. The molecule has 0 unspecified atom stereocenters. The van der Waals surface area contributed by atoms with Crippen LogP contribution in [0.3, 0.4) is 0 Å². The maximum Gasteiger partial charge on any atom is 0.195 e. The number of alkyl halides is 1. The Morgan fingerprint density at radius 2 is 2.25 bits per heavy atom. The molecule has 2 atom stereocenters. The van der Waals surface area contributed by atoms with Crippen LogP contribution < -0.4 is 0 Å². The van der Waals surface area contributed by atoms with E-state index in [1.165, 1.54) is 12.3 Å². The Kier molecular flexibility index (Phi) is 5.04. The summed E-state index contributed by atoms with van der Waals surface area (Å²) in [5.41, 5.74) is -0.832. The monoisotopic (exact) mass is 411 g/mol. The number of Topliss-reactive ketones (excluding diaryl/α,β-unsaturated/α-hetero) is 1. The van der Waals surface area contributed by atoms with Crippen LogP contribution in [0.4, 0.5) is 4.39 Å². The molecule has 1 aromatic carbocycles. The maximum atomic E-state index is 15.5. The summed E-state index contributed by atoms with van der Waals surface area (Å²) in [5, 5.41) is 10.5. The van der Waals surface area contributed by atoms with Crippen molar-refractivity contribution in [2.45, 2.75) is 37.5 Å². The third-order valence-electron chi connectivity index (χ3n) is 4.42. The molecule has 1 N–H and O–H groups in total. The summed E-state index contributed by atoms with van der Waals surface area (Å²) in [5.74, 6) is -0.498. The van der Waals surface area contributed by atoms with Gasteiger partial charge in [0.2, 0.25) is 0 Å². The number of aromatic nitrogens is 1. The molecule has 24 heavy (non-hydrogen) atoms. The number of ketones is 1. The lowest BCUT2D eigenvalue weighted by Gasteiger charge is -2.32. The van der Waals surface area contributed by atoms with Crippen molar-refractivity contribution in [3.63, 3.8) is 0 Å². The van der Waals surface area contributed by atoms with Crippen molar-refractivity contribution in [1.29, 1.82) is 0 Å². The predicted octanol–water partition coefficient (Wildman–Crippen LogP) is 4.69. The molecular formula is C18H16BrClFNO2. The highest BCUT2D eigenvalue weighted by Gasteiger charge is 2.45. The number of aliphatic hydroxyl groups is 1. The second kappa shape index (κ2) is 6.90. The van der Waals surface area contributed by atoms with E-state index in [9.17, 15) is 9.90 Å². The topological polar surface area (TPSA) is 50.2 Å². The van der Waals surface area contributed by atoms with Crippen LogP contribution in [0.15, 0.2) is 41.0 Å².